The van der Waals surface area contributed by atoms with Crippen molar-refractivity contribution in [3.8, 4) is 0 Å². The van der Waals surface area contributed by atoms with Crippen LogP contribution in [0.5, 0.6) is 0 Å². The number of carbonyl (C=O) groups excluding carboxylic acids is 1. The molecular formula is C19H25N3O2. The number of carbonyl (C=O) groups is 1. The largest absolute Gasteiger partial charge is 0.390 e. The van der Waals surface area contributed by atoms with Crippen LogP contribution in [0.3, 0.4) is 0 Å². The summed E-state index contributed by atoms with van der Waals surface area (Å²) in [5.41, 5.74) is 1.85. The Bertz CT molecular complexity index is 748. The Labute approximate surface area is 142 Å². The average molecular weight is 327 g/mol. The van der Waals surface area contributed by atoms with Crippen molar-refractivity contribution in [2.45, 2.75) is 38.5 Å². The molecule has 0 saturated carbocycles. The van der Waals surface area contributed by atoms with Crippen molar-refractivity contribution in [3.05, 3.63) is 36.0 Å². The van der Waals surface area contributed by atoms with Crippen molar-refractivity contribution in [3.63, 3.8) is 0 Å². The van der Waals surface area contributed by atoms with Crippen LogP contribution in [0, 0.1) is 0 Å². The Morgan fingerprint density at radius 3 is 2.71 bits per heavy atom. The highest BCUT2D eigenvalue weighted by atomic mass is 16.3. The Morgan fingerprint density at radius 2 is 1.96 bits per heavy atom. The summed E-state index contributed by atoms with van der Waals surface area (Å²) in [6.07, 6.45) is 3.91. The molecule has 0 radical (unpaired) electrons. The van der Waals surface area contributed by atoms with Gasteiger partial charge in [-0.1, -0.05) is 18.2 Å². The number of aliphatic hydroxyl groups is 1. The fourth-order valence-corrected chi connectivity index (χ4v) is 4.22. The number of nitrogens with zero attached hydrogens (tertiary/aromatic N) is 3. The first-order valence-electron chi connectivity index (χ1n) is 8.98. The molecule has 0 unspecified atom stereocenters. The van der Waals surface area contributed by atoms with Gasteiger partial charge >= 0.3 is 0 Å². The molecule has 2 aliphatic heterocycles. The maximum Gasteiger partial charge on any atom is 0.256 e. The molecule has 0 aliphatic carbocycles. The van der Waals surface area contributed by atoms with Gasteiger partial charge in [0.2, 0.25) is 0 Å². The van der Waals surface area contributed by atoms with Crippen molar-refractivity contribution in [1.29, 1.82) is 0 Å². The lowest BCUT2D eigenvalue weighted by atomic mass is 10.1. The fourth-order valence-electron chi connectivity index (χ4n) is 4.22. The Morgan fingerprint density at radius 1 is 1.21 bits per heavy atom. The molecule has 2 fully saturated rings. The summed E-state index contributed by atoms with van der Waals surface area (Å²) >= 11 is 0. The molecule has 4 rings (SSSR count). The van der Waals surface area contributed by atoms with Gasteiger partial charge in [-0.3, -0.25) is 9.69 Å². The average Bonchev–Trinajstić information content (AvgIpc) is 3.32. The lowest BCUT2D eigenvalue weighted by molar-refractivity contribution is 0.0765. The number of aryl methyl sites for hydroxylation is 1. The maximum atomic E-state index is 13.1. The number of para-hydroxylation sites is 1. The molecule has 2 aliphatic rings. The summed E-state index contributed by atoms with van der Waals surface area (Å²) in [6, 6.07) is 8.15. The third kappa shape index (κ3) is 2.52. The van der Waals surface area contributed by atoms with E-state index in [1.54, 1.807) is 0 Å². The molecule has 2 atom stereocenters. The lowest BCUT2D eigenvalue weighted by Crippen LogP contribution is -2.41. The van der Waals surface area contributed by atoms with Gasteiger partial charge in [-0.15, -0.1) is 0 Å². The summed E-state index contributed by atoms with van der Waals surface area (Å²) in [4.78, 5) is 17.2. The van der Waals surface area contributed by atoms with E-state index in [0.717, 1.165) is 36.1 Å². The molecule has 2 aromatic rings. The molecule has 3 heterocycles. The van der Waals surface area contributed by atoms with Crippen LogP contribution in [-0.2, 0) is 6.54 Å². The number of fused-ring (bicyclic) bond motifs is 1. The van der Waals surface area contributed by atoms with Crippen LogP contribution < -0.4 is 0 Å². The Balaban J connectivity index is 1.60. The van der Waals surface area contributed by atoms with E-state index in [0.29, 0.717) is 13.1 Å². The van der Waals surface area contributed by atoms with E-state index < -0.39 is 6.10 Å². The molecule has 5 heteroatoms. The number of aromatic nitrogens is 1. The van der Waals surface area contributed by atoms with Gasteiger partial charge in [-0.2, -0.15) is 0 Å². The highest BCUT2D eigenvalue weighted by molar-refractivity contribution is 6.07. The summed E-state index contributed by atoms with van der Waals surface area (Å²) in [5, 5.41) is 11.4. The van der Waals surface area contributed by atoms with Gasteiger partial charge in [0.05, 0.1) is 17.7 Å². The third-order valence-electron chi connectivity index (χ3n) is 5.52. The quantitative estimate of drug-likeness (QED) is 0.937. The van der Waals surface area contributed by atoms with Crippen LogP contribution in [0.15, 0.2) is 30.5 Å². The van der Waals surface area contributed by atoms with E-state index >= 15 is 0 Å². The van der Waals surface area contributed by atoms with Crippen molar-refractivity contribution in [1.82, 2.24) is 14.4 Å². The van der Waals surface area contributed by atoms with Crippen molar-refractivity contribution >= 4 is 16.8 Å². The molecule has 0 bridgehead atoms. The van der Waals surface area contributed by atoms with Crippen LogP contribution in [0.4, 0.5) is 0 Å². The van der Waals surface area contributed by atoms with Gasteiger partial charge in [0.1, 0.15) is 0 Å². The predicted molar refractivity (Wildman–Crippen MR) is 94.1 cm³/mol. The fraction of sp³-hybridized carbons (Fsp3) is 0.526. The van der Waals surface area contributed by atoms with Crippen LogP contribution in [0.25, 0.3) is 10.9 Å². The minimum Gasteiger partial charge on any atom is -0.390 e. The maximum absolute atomic E-state index is 13.1. The SMILES string of the molecule is CCn1cc(C(=O)N2C[C@@H](O)[C@H](N3CCCC3)C2)c2ccccc21. The number of β-amino-alcohol motifs (C(OH)–C–C–N with tert-alkyl or cyclic N) is 1. The molecule has 5 nitrogen and oxygen atoms in total. The summed E-state index contributed by atoms with van der Waals surface area (Å²) in [5.74, 6) is 0.0409. The van der Waals surface area contributed by atoms with Gasteiger partial charge in [0.25, 0.3) is 5.91 Å². The van der Waals surface area contributed by atoms with E-state index in [1.807, 2.05) is 29.3 Å². The summed E-state index contributed by atoms with van der Waals surface area (Å²) in [7, 11) is 0. The van der Waals surface area contributed by atoms with Crippen LogP contribution in [0.1, 0.15) is 30.1 Å². The number of amides is 1. The van der Waals surface area contributed by atoms with Crippen LogP contribution in [-0.4, -0.2) is 63.7 Å². The van der Waals surface area contributed by atoms with E-state index in [9.17, 15) is 9.90 Å². The molecule has 2 saturated heterocycles. The van der Waals surface area contributed by atoms with Crippen LogP contribution in [0.2, 0.25) is 0 Å². The number of likely N-dealkylation sites (tertiary alicyclic amines) is 2. The topological polar surface area (TPSA) is 48.7 Å². The molecule has 1 amide bonds. The Hall–Kier alpha value is -1.85. The number of aliphatic hydroxyl groups excluding tert-OH is 1. The number of benzene rings is 1. The normalized spacial score (nSPS) is 25.0. The van der Waals surface area contributed by atoms with Gasteiger partial charge in [-0.05, 0) is 38.9 Å². The summed E-state index contributed by atoms with van der Waals surface area (Å²) in [6.45, 7) is 6.07. The van der Waals surface area contributed by atoms with Crippen molar-refractivity contribution < 1.29 is 9.90 Å². The molecule has 24 heavy (non-hydrogen) atoms. The first kappa shape index (κ1) is 15.7. The van der Waals surface area contributed by atoms with E-state index in [-0.39, 0.29) is 11.9 Å². The highest BCUT2D eigenvalue weighted by Crippen LogP contribution is 2.26. The smallest absolute Gasteiger partial charge is 0.256 e. The highest BCUT2D eigenvalue weighted by Gasteiger charge is 2.39. The molecule has 1 aromatic heterocycles. The number of hydrogen-bond donors (Lipinski definition) is 1. The second kappa shape index (κ2) is 6.22. The van der Waals surface area contributed by atoms with E-state index in [4.69, 9.17) is 0 Å². The zero-order chi connectivity index (χ0) is 16.7. The second-order valence-electron chi connectivity index (χ2n) is 6.93. The molecule has 1 N–H and O–H groups in total. The van der Waals surface area contributed by atoms with Gasteiger partial charge < -0.3 is 14.6 Å². The zero-order valence-corrected chi connectivity index (χ0v) is 14.2. The number of hydrogen-bond acceptors (Lipinski definition) is 3. The molecule has 1 aromatic carbocycles. The predicted octanol–water partition coefficient (Wildman–Crippen LogP) is 1.94. The zero-order valence-electron chi connectivity index (χ0n) is 14.2. The molecule has 128 valence electrons. The second-order valence-corrected chi connectivity index (χ2v) is 6.93. The molecule has 0 spiro atoms. The van der Waals surface area contributed by atoms with Gasteiger partial charge in [0.15, 0.2) is 0 Å². The van der Waals surface area contributed by atoms with Gasteiger partial charge in [-0.25, -0.2) is 0 Å². The molecular weight excluding hydrogens is 302 g/mol. The standard InChI is InChI=1S/C19H25N3O2/c1-2-20-11-15(14-7-3-4-8-16(14)20)19(24)22-12-17(18(23)13-22)21-9-5-6-10-21/h3-4,7-8,11,17-18,23H,2,5-6,9-10,12-13H2,1H3/t17-,18-/m1/s1. The minimum atomic E-state index is -0.438. The summed E-state index contributed by atoms with van der Waals surface area (Å²) < 4.78 is 2.12. The lowest BCUT2D eigenvalue weighted by Gasteiger charge is -2.25. The van der Waals surface area contributed by atoms with Crippen LogP contribution >= 0.6 is 0 Å². The van der Waals surface area contributed by atoms with Crippen molar-refractivity contribution in [2.75, 3.05) is 26.2 Å². The number of rotatable bonds is 3. The van der Waals surface area contributed by atoms with Gasteiger partial charge in [0, 0.05) is 36.7 Å². The minimum absolute atomic E-state index is 0.0409. The van der Waals surface area contributed by atoms with Crippen molar-refractivity contribution in [2.24, 2.45) is 0 Å². The van der Waals surface area contributed by atoms with E-state index in [2.05, 4.69) is 22.5 Å². The van der Waals surface area contributed by atoms with E-state index in [1.165, 1.54) is 12.8 Å². The monoisotopic (exact) mass is 327 g/mol. The Kier molecular flexibility index (Phi) is 4.06. The first-order chi connectivity index (χ1) is 11.7. The third-order valence-corrected chi connectivity index (χ3v) is 5.52. The first-order valence-corrected chi connectivity index (χ1v) is 8.98.